The molecule has 0 aliphatic carbocycles. The van der Waals surface area contributed by atoms with E-state index in [4.69, 9.17) is 9.47 Å². The van der Waals surface area contributed by atoms with E-state index in [9.17, 15) is 9.59 Å². The minimum atomic E-state index is -0.436. The number of rotatable bonds is 10. The number of benzene rings is 1. The van der Waals surface area contributed by atoms with Crippen LogP contribution < -0.4 is 5.32 Å². The maximum Gasteiger partial charge on any atom is 0.407 e. The minimum absolute atomic E-state index is 0.167. The molecule has 0 saturated carbocycles. The predicted molar refractivity (Wildman–Crippen MR) is 84.3 cm³/mol. The van der Waals surface area contributed by atoms with Gasteiger partial charge < -0.3 is 14.8 Å². The Morgan fingerprint density at radius 2 is 1.82 bits per heavy atom. The van der Waals surface area contributed by atoms with E-state index in [-0.39, 0.29) is 12.6 Å². The van der Waals surface area contributed by atoms with E-state index in [0.29, 0.717) is 26.0 Å². The quantitative estimate of drug-likeness (QED) is 0.531. The number of nitrogens with one attached hydrogen (secondary N) is 1. The second-order valence-corrected chi connectivity index (χ2v) is 5.02. The lowest BCUT2D eigenvalue weighted by Gasteiger charge is -2.07. The fourth-order valence-electron chi connectivity index (χ4n) is 1.76. The highest BCUT2D eigenvalue weighted by atomic mass is 16.5. The lowest BCUT2D eigenvalue weighted by atomic mass is 10.2. The zero-order valence-electron chi connectivity index (χ0n) is 13.2. The molecule has 0 aliphatic heterocycles. The van der Waals surface area contributed by atoms with Crippen molar-refractivity contribution in [3.8, 4) is 0 Å². The molecule has 5 nitrogen and oxygen atoms in total. The first-order valence-corrected chi connectivity index (χ1v) is 7.82. The van der Waals surface area contributed by atoms with Crippen molar-refractivity contribution in [2.24, 2.45) is 0 Å². The Morgan fingerprint density at radius 3 is 2.55 bits per heavy atom. The molecule has 0 atom stereocenters. The van der Waals surface area contributed by atoms with Crippen LogP contribution in [-0.2, 0) is 20.9 Å². The summed E-state index contributed by atoms with van der Waals surface area (Å²) in [5.41, 5.74) is 0.951. The van der Waals surface area contributed by atoms with Crippen LogP contribution in [0, 0.1) is 0 Å². The molecule has 1 aromatic rings. The number of hydrogen-bond donors (Lipinski definition) is 1. The minimum Gasteiger partial charge on any atom is -0.466 e. The molecular weight excluding hydrogens is 282 g/mol. The smallest absolute Gasteiger partial charge is 0.407 e. The molecule has 1 amide bonds. The Hall–Kier alpha value is -2.04. The van der Waals surface area contributed by atoms with Crippen molar-refractivity contribution in [2.75, 3.05) is 13.2 Å². The van der Waals surface area contributed by atoms with Crippen LogP contribution >= 0.6 is 0 Å². The maximum atomic E-state index is 11.5. The summed E-state index contributed by atoms with van der Waals surface area (Å²) < 4.78 is 10.1. The first-order valence-electron chi connectivity index (χ1n) is 7.82. The molecule has 0 aliphatic rings. The molecule has 0 unspecified atom stereocenters. The highest BCUT2D eigenvalue weighted by Crippen LogP contribution is 2.01. The van der Waals surface area contributed by atoms with Gasteiger partial charge in [0.2, 0.25) is 0 Å². The van der Waals surface area contributed by atoms with Gasteiger partial charge in [0.05, 0.1) is 6.61 Å². The normalized spacial score (nSPS) is 10.0. The van der Waals surface area contributed by atoms with Crippen LogP contribution in [0.5, 0.6) is 0 Å². The number of unbranched alkanes of at least 4 members (excludes halogenated alkanes) is 2. The van der Waals surface area contributed by atoms with E-state index >= 15 is 0 Å². The fourth-order valence-corrected chi connectivity index (χ4v) is 1.76. The van der Waals surface area contributed by atoms with Crippen LogP contribution in [-0.4, -0.2) is 25.2 Å². The zero-order valence-corrected chi connectivity index (χ0v) is 13.2. The Morgan fingerprint density at radius 1 is 1.05 bits per heavy atom. The monoisotopic (exact) mass is 307 g/mol. The first-order chi connectivity index (χ1) is 10.7. The number of carbonyl (C=O) groups is 2. The number of alkyl carbamates (subject to hydrolysis) is 1. The maximum absolute atomic E-state index is 11.5. The second kappa shape index (κ2) is 11.6. The van der Waals surface area contributed by atoms with Gasteiger partial charge in [0.15, 0.2) is 0 Å². The average molecular weight is 307 g/mol. The lowest BCUT2D eigenvalue weighted by molar-refractivity contribution is -0.143. The molecule has 0 heterocycles. The molecule has 0 spiro atoms. The highest BCUT2D eigenvalue weighted by Gasteiger charge is 2.04. The Kier molecular flexibility index (Phi) is 9.50. The molecule has 0 saturated heterocycles. The van der Waals surface area contributed by atoms with Crippen molar-refractivity contribution in [1.29, 1.82) is 0 Å². The van der Waals surface area contributed by atoms with Crippen LogP contribution in [0.1, 0.15) is 44.6 Å². The summed E-state index contributed by atoms with van der Waals surface area (Å²) in [5, 5.41) is 2.67. The van der Waals surface area contributed by atoms with Gasteiger partial charge in [-0.3, -0.25) is 4.79 Å². The van der Waals surface area contributed by atoms with Gasteiger partial charge in [-0.2, -0.15) is 0 Å². The summed E-state index contributed by atoms with van der Waals surface area (Å²) in [6.07, 6.45) is 3.30. The van der Waals surface area contributed by atoms with Gasteiger partial charge in [-0.25, -0.2) is 4.79 Å². The van der Waals surface area contributed by atoms with Crippen molar-refractivity contribution < 1.29 is 19.1 Å². The average Bonchev–Trinajstić information content (AvgIpc) is 2.54. The summed E-state index contributed by atoms with van der Waals surface area (Å²) in [4.78, 5) is 22.8. The van der Waals surface area contributed by atoms with Gasteiger partial charge in [0.25, 0.3) is 0 Å². The third-order valence-corrected chi connectivity index (χ3v) is 3.05. The molecule has 5 heteroatoms. The molecule has 122 valence electrons. The highest BCUT2D eigenvalue weighted by molar-refractivity contribution is 5.69. The van der Waals surface area contributed by atoms with E-state index in [1.807, 2.05) is 30.3 Å². The van der Waals surface area contributed by atoms with E-state index in [1.165, 1.54) is 0 Å². The van der Waals surface area contributed by atoms with Gasteiger partial charge >= 0.3 is 12.1 Å². The number of ether oxygens (including phenoxy) is 2. The van der Waals surface area contributed by atoms with Gasteiger partial charge in [-0.15, -0.1) is 0 Å². The molecule has 22 heavy (non-hydrogen) atoms. The molecule has 0 radical (unpaired) electrons. The third kappa shape index (κ3) is 9.00. The number of amides is 1. The number of esters is 1. The summed E-state index contributed by atoms with van der Waals surface area (Å²) >= 11 is 0. The Bertz CT molecular complexity index is 434. The summed E-state index contributed by atoms with van der Waals surface area (Å²) in [6.45, 7) is 3.31. The van der Waals surface area contributed by atoms with E-state index in [1.54, 1.807) is 0 Å². The van der Waals surface area contributed by atoms with Crippen LogP contribution in [0.4, 0.5) is 4.79 Å². The van der Waals surface area contributed by atoms with E-state index in [2.05, 4.69) is 12.2 Å². The van der Waals surface area contributed by atoms with E-state index < -0.39 is 6.09 Å². The van der Waals surface area contributed by atoms with Gasteiger partial charge in [0, 0.05) is 13.0 Å². The Labute approximate surface area is 132 Å². The van der Waals surface area contributed by atoms with Crippen molar-refractivity contribution >= 4 is 12.1 Å². The largest absolute Gasteiger partial charge is 0.466 e. The van der Waals surface area contributed by atoms with Crippen molar-refractivity contribution in [3.05, 3.63) is 35.9 Å². The summed E-state index contributed by atoms with van der Waals surface area (Å²) in [6, 6.07) is 9.51. The SMILES string of the molecule is CCCCOC(=O)CCCCNC(=O)OCc1ccccc1. The van der Waals surface area contributed by atoms with Gasteiger partial charge in [0.1, 0.15) is 6.61 Å². The standard InChI is InChI=1S/C17H25NO4/c1-2-3-13-21-16(19)11-7-8-12-18-17(20)22-14-15-9-5-4-6-10-15/h4-6,9-10H,2-3,7-8,11-14H2,1H3,(H,18,20). The van der Waals surface area contributed by atoms with Gasteiger partial charge in [-0.05, 0) is 24.8 Å². The molecule has 1 aromatic carbocycles. The van der Waals surface area contributed by atoms with Crippen LogP contribution in [0.2, 0.25) is 0 Å². The lowest BCUT2D eigenvalue weighted by Crippen LogP contribution is -2.25. The molecule has 1 rings (SSSR count). The fraction of sp³-hybridized carbons (Fsp3) is 0.529. The molecular formula is C17H25NO4. The van der Waals surface area contributed by atoms with Crippen LogP contribution in [0.25, 0.3) is 0 Å². The van der Waals surface area contributed by atoms with Crippen LogP contribution in [0.3, 0.4) is 0 Å². The second-order valence-electron chi connectivity index (χ2n) is 5.02. The predicted octanol–water partition coefficient (Wildman–Crippen LogP) is 3.43. The van der Waals surface area contributed by atoms with Crippen LogP contribution in [0.15, 0.2) is 30.3 Å². The molecule has 1 N–H and O–H groups in total. The molecule has 0 bridgehead atoms. The molecule has 0 fully saturated rings. The van der Waals surface area contributed by atoms with E-state index in [0.717, 1.165) is 24.8 Å². The molecule has 0 aromatic heterocycles. The topological polar surface area (TPSA) is 64.6 Å². The van der Waals surface area contributed by atoms with Crippen molar-refractivity contribution in [3.63, 3.8) is 0 Å². The summed E-state index contributed by atoms with van der Waals surface area (Å²) in [5.74, 6) is -0.167. The first kappa shape index (κ1) is 18.0. The summed E-state index contributed by atoms with van der Waals surface area (Å²) in [7, 11) is 0. The Balaban J connectivity index is 1.97. The number of hydrogen-bond acceptors (Lipinski definition) is 4. The third-order valence-electron chi connectivity index (χ3n) is 3.05. The number of carbonyl (C=O) groups excluding carboxylic acids is 2. The van der Waals surface area contributed by atoms with Gasteiger partial charge in [-0.1, -0.05) is 43.7 Å². The van der Waals surface area contributed by atoms with Crippen molar-refractivity contribution in [2.45, 2.75) is 45.6 Å². The zero-order chi connectivity index (χ0) is 16.0. The van der Waals surface area contributed by atoms with Crippen molar-refractivity contribution in [1.82, 2.24) is 5.32 Å².